The zero-order chi connectivity index (χ0) is 13.4. The Kier molecular flexibility index (Phi) is 3.68. The van der Waals surface area contributed by atoms with E-state index in [1.165, 1.54) is 0 Å². The van der Waals surface area contributed by atoms with Crippen molar-refractivity contribution in [2.45, 2.75) is 12.3 Å². The summed E-state index contributed by atoms with van der Waals surface area (Å²) in [7, 11) is 0. The van der Waals surface area contributed by atoms with Crippen LogP contribution >= 0.6 is 15.9 Å². The number of hydrogen-bond acceptors (Lipinski definition) is 3. The quantitative estimate of drug-likeness (QED) is 0.731. The molecule has 1 aromatic rings. The van der Waals surface area contributed by atoms with Crippen molar-refractivity contribution in [1.29, 1.82) is 0 Å². The van der Waals surface area contributed by atoms with E-state index in [0.29, 0.717) is 6.07 Å². The van der Waals surface area contributed by atoms with Gasteiger partial charge in [0.2, 0.25) is 0 Å². The molecule has 0 saturated carbocycles. The fourth-order valence-corrected chi connectivity index (χ4v) is 1.76. The predicted octanol–water partition coefficient (Wildman–Crippen LogP) is 2.17. The number of aliphatic hydroxyl groups excluding tert-OH is 1. The predicted molar refractivity (Wildman–Crippen MR) is 56.2 cm³/mol. The van der Waals surface area contributed by atoms with Crippen LogP contribution in [0.25, 0.3) is 0 Å². The van der Waals surface area contributed by atoms with Crippen molar-refractivity contribution in [1.82, 2.24) is 0 Å². The number of anilines is 1. The van der Waals surface area contributed by atoms with Crippen LogP contribution in [0.15, 0.2) is 16.6 Å². The van der Waals surface area contributed by atoms with Crippen molar-refractivity contribution in [3.8, 4) is 0 Å². The van der Waals surface area contributed by atoms with Crippen LogP contribution in [-0.2, 0) is 11.0 Å². The first kappa shape index (κ1) is 13.8. The molecule has 0 aliphatic rings. The Bertz CT molecular complexity index is 462. The Balaban J connectivity index is 3.33. The topological polar surface area (TPSA) is 83.5 Å². The first-order valence-corrected chi connectivity index (χ1v) is 5.01. The maximum atomic E-state index is 12.4. The van der Waals surface area contributed by atoms with Gasteiger partial charge < -0.3 is 15.9 Å². The average Bonchev–Trinajstić information content (AvgIpc) is 2.18. The van der Waals surface area contributed by atoms with Gasteiger partial charge in [0.25, 0.3) is 0 Å². The number of rotatable bonds is 2. The highest BCUT2D eigenvalue weighted by atomic mass is 79.9. The van der Waals surface area contributed by atoms with E-state index < -0.39 is 29.5 Å². The Labute approximate surface area is 102 Å². The molecule has 0 radical (unpaired) electrons. The third-order valence-electron chi connectivity index (χ3n) is 2.00. The molecule has 0 fully saturated rings. The largest absolute Gasteiger partial charge is 0.479 e. The van der Waals surface area contributed by atoms with Gasteiger partial charge in [-0.05, 0) is 12.1 Å². The maximum Gasteiger partial charge on any atom is 0.418 e. The fourth-order valence-electron chi connectivity index (χ4n) is 1.20. The van der Waals surface area contributed by atoms with Crippen molar-refractivity contribution >= 4 is 27.6 Å². The molecule has 0 spiro atoms. The standard InChI is InChI=1S/C9H7BrF3NO3/c10-5-2-4(9(11,12)13)6(14)1-3(5)7(15)8(16)17/h1-2,7,15H,14H2,(H,16,17). The number of aliphatic carboxylic acids is 1. The molecule has 94 valence electrons. The van der Waals surface area contributed by atoms with Crippen LogP contribution < -0.4 is 5.73 Å². The lowest BCUT2D eigenvalue weighted by Crippen LogP contribution is -2.14. The Hall–Kier alpha value is -1.28. The highest BCUT2D eigenvalue weighted by Crippen LogP contribution is 2.38. The van der Waals surface area contributed by atoms with Gasteiger partial charge in [-0.3, -0.25) is 0 Å². The van der Waals surface area contributed by atoms with Crippen LogP contribution in [0.2, 0.25) is 0 Å². The highest BCUT2D eigenvalue weighted by molar-refractivity contribution is 9.10. The number of benzene rings is 1. The van der Waals surface area contributed by atoms with Crippen LogP contribution in [0.5, 0.6) is 0 Å². The number of hydrogen-bond donors (Lipinski definition) is 3. The number of nitrogens with two attached hydrogens (primary N) is 1. The van der Waals surface area contributed by atoms with Gasteiger partial charge >= 0.3 is 12.1 Å². The lowest BCUT2D eigenvalue weighted by Gasteiger charge is -2.14. The van der Waals surface area contributed by atoms with Crippen molar-refractivity contribution in [2.24, 2.45) is 0 Å². The minimum atomic E-state index is -4.64. The molecule has 0 amide bonds. The molecule has 8 heteroatoms. The molecule has 0 bridgehead atoms. The molecule has 0 aliphatic carbocycles. The Morgan fingerprint density at radius 1 is 1.41 bits per heavy atom. The second kappa shape index (κ2) is 4.53. The lowest BCUT2D eigenvalue weighted by molar-refractivity contribution is -0.147. The SMILES string of the molecule is Nc1cc(C(O)C(=O)O)c(Br)cc1C(F)(F)F. The molecule has 17 heavy (non-hydrogen) atoms. The molecule has 4 N–H and O–H groups in total. The van der Waals surface area contributed by atoms with E-state index in [1.807, 2.05) is 0 Å². The van der Waals surface area contributed by atoms with Gasteiger partial charge in [0.1, 0.15) is 0 Å². The van der Waals surface area contributed by atoms with E-state index in [4.69, 9.17) is 10.8 Å². The van der Waals surface area contributed by atoms with Crippen LogP contribution in [-0.4, -0.2) is 16.2 Å². The molecule has 1 unspecified atom stereocenters. The van der Waals surface area contributed by atoms with Crippen LogP contribution in [0.3, 0.4) is 0 Å². The van der Waals surface area contributed by atoms with Gasteiger partial charge in [0, 0.05) is 15.7 Å². The molecule has 4 nitrogen and oxygen atoms in total. The van der Waals surface area contributed by atoms with E-state index in [1.54, 1.807) is 0 Å². The van der Waals surface area contributed by atoms with Gasteiger partial charge in [-0.2, -0.15) is 13.2 Å². The highest BCUT2D eigenvalue weighted by Gasteiger charge is 2.34. The number of alkyl halides is 3. The van der Waals surface area contributed by atoms with Gasteiger partial charge in [-0.25, -0.2) is 4.79 Å². The van der Waals surface area contributed by atoms with E-state index in [-0.39, 0.29) is 10.0 Å². The fraction of sp³-hybridized carbons (Fsp3) is 0.222. The zero-order valence-corrected chi connectivity index (χ0v) is 9.71. The molecule has 1 rings (SSSR count). The summed E-state index contributed by atoms with van der Waals surface area (Å²) in [5.74, 6) is -1.58. The number of nitrogen functional groups attached to an aromatic ring is 1. The smallest absolute Gasteiger partial charge is 0.418 e. The van der Waals surface area contributed by atoms with Gasteiger partial charge in [-0.1, -0.05) is 15.9 Å². The number of carboxylic acid groups (broad SMARTS) is 1. The van der Waals surface area contributed by atoms with E-state index in [9.17, 15) is 23.1 Å². The van der Waals surface area contributed by atoms with E-state index in [2.05, 4.69) is 15.9 Å². The maximum absolute atomic E-state index is 12.4. The summed E-state index contributed by atoms with van der Waals surface area (Å²) in [6, 6.07) is 1.42. The first-order valence-electron chi connectivity index (χ1n) is 4.21. The number of aliphatic hydroxyl groups is 1. The van der Waals surface area contributed by atoms with Crippen molar-refractivity contribution in [3.63, 3.8) is 0 Å². The molecule has 1 aromatic carbocycles. The zero-order valence-electron chi connectivity index (χ0n) is 8.12. The number of carbonyl (C=O) groups is 1. The normalized spacial score (nSPS) is 13.5. The second-order valence-electron chi connectivity index (χ2n) is 3.20. The number of halogens is 4. The Morgan fingerprint density at radius 3 is 2.35 bits per heavy atom. The third-order valence-corrected chi connectivity index (χ3v) is 2.69. The summed E-state index contributed by atoms with van der Waals surface area (Å²) in [5.41, 5.74) is 3.20. The van der Waals surface area contributed by atoms with Gasteiger partial charge in [0.05, 0.1) is 5.56 Å². The van der Waals surface area contributed by atoms with E-state index in [0.717, 1.165) is 6.07 Å². The minimum Gasteiger partial charge on any atom is -0.479 e. The summed E-state index contributed by atoms with van der Waals surface area (Å²) in [5, 5.41) is 17.8. The average molecular weight is 314 g/mol. The molecule has 0 heterocycles. The molecule has 0 aromatic heterocycles. The van der Waals surface area contributed by atoms with Crippen molar-refractivity contribution in [2.75, 3.05) is 5.73 Å². The molecule has 1 atom stereocenters. The number of carboxylic acids is 1. The lowest BCUT2D eigenvalue weighted by atomic mass is 10.0. The molecular formula is C9H7BrF3NO3. The summed E-state index contributed by atoms with van der Waals surface area (Å²) < 4.78 is 37.1. The summed E-state index contributed by atoms with van der Waals surface area (Å²) in [6.07, 6.45) is -6.58. The van der Waals surface area contributed by atoms with Gasteiger partial charge in [0.15, 0.2) is 6.10 Å². The summed E-state index contributed by atoms with van der Waals surface area (Å²) in [6.45, 7) is 0. The van der Waals surface area contributed by atoms with Crippen LogP contribution in [0.1, 0.15) is 17.2 Å². The van der Waals surface area contributed by atoms with Crippen molar-refractivity contribution < 1.29 is 28.2 Å². The van der Waals surface area contributed by atoms with E-state index >= 15 is 0 Å². The summed E-state index contributed by atoms with van der Waals surface area (Å²) >= 11 is 2.76. The van der Waals surface area contributed by atoms with Crippen molar-refractivity contribution in [3.05, 3.63) is 27.7 Å². The monoisotopic (exact) mass is 313 g/mol. The van der Waals surface area contributed by atoms with Crippen LogP contribution in [0, 0.1) is 0 Å². The third kappa shape index (κ3) is 2.89. The Morgan fingerprint density at radius 2 is 1.94 bits per heavy atom. The molecule has 0 saturated heterocycles. The van der Waals surface area contributed by atoms with Crippen LogP contribution in [0.4, 0.5) is 18.9 Å². The molecular weight excluding hydrogens is 307 g/mol. The first-order chi connectivity index (χ1) is 7.64. The second-order valence-corrected chi connectivity index (χ2v) is 4.05. The minimum absolute atomic E-state index is 0.172. The summed E-state index contributed by atoms with van der Waals surface area (Å²) in [4.78, 5) is 10.5. The van der Waals surface area contributed by atoms with Gasteiger partial charge in [-0.15, -0.1) is 0 Å². The molecule has 0 aliphatic heterocycles.